The number of rotatable bonds is 6. The number of hydrogen-bond acceptors (Lipinski definition) is 3. The highest BCUT2D eigenvalue weighted by molar-refractivity contribution is 5.80. The Morgan fingerprint density at radius 1 is 1.15 bits per heavy atom. The van der Waals surface area contributed by atoms with Crippen LogP contribution in [0.25, 0.3) is 10.9 Å². The summed E-state index contributed by atoms with van der Waals surface area (Å²) in [6, 6.07) is 11.2. The van der Waals surface area contributed by atoms with Crippen molar-refractivity contribution in [1.82, 2.24) is 25.0 Å². The summed E-state index contributed by atoms with van der Waals surface area (Å²) in [5, 5.41) is 8.22. The van der Waals surface area contributed by atoms with E-state index in [-0.39, 0.29) is 0 Å². The Kier molecular flexibility index (Phi) is 6.52. The summed E-state index contributed by atoms with van der Waals surface area (Å²) in [6.45, 7) is 6.21. The van der Waals surface area contributed by atoms with Crippen LogP contribution in [0.3, 0.4) is 0 Å². The fourth-order valence-corrected chi connectivity index (χ4v) is 3.55. The molecule has 6 heteroatoms. The van der Waals surface area contributed by atoms with Crippen LogP contribution in [0.1, 0.15) is 6.42 Å². The first kappa shape index (κ1) is 18.7. The molecule has 3 rings (SSSR count). The number of fused-ring (bicyclic) bond motifs is 1. The molecule has 142 valence electrons. The molecule has 0 spiro atoms. The number of nitrogens with zero attached hydrogens (tertiary/aromatic N) is 4. The van der Waals surface area contributed by atoms with E-state index in [0.29, 0.717) is 6.04 Å². The van der Waals surface area contributed by atoms with Crippen molar-refractivity contribution in [1.29, 1.82) is 0 Å². The van der Waals surface area contributed by atoms with Gasteiger partial charge in [0, 0.05) is 64.1 Å². The Balaban J connectivity index is 1.40. The Bertz CT molecular complexity index is 722. The molecule has 0 aliphatic carbocycles. The van der Waals surface area contributed by atoms with Crippen LogP contribution >= 0.6 is 0 Å². The van der Waals surface area contributed by atoms with Crippen molar-refractivity contribution in [2.45, 2.75) is 19.0 Å². The Labute approximate surface area is 156 Å². The first-order chi connectivity index (χ1) is 12.7. The van der Waals surface area contributed by atoms with Gasteiger partial charge in [-0.15, -0.1) is 0 Å². The van der Waals surface area contributed by atoms with E-state index >= 15 is 0 Å². The fraction of sp³-hybridized carbons (Fsp3) is 0.550. The molecule has 0 radical (unpaired) electrons. The monoisotopic (exact) mass is 356 g/mol. The second kappa shape index (κ2) is 9.05. The van der Waals surface area contributed by atoms with Gasteiger partial charge in [-0.3, -0.25) is 9.89 Å². The van der Waals surface area contributed by atoms with Crippen molar-refractivity contribution in [2.24, 2.45) is 4.99 Å². The average Bonchev–Trinajstić information content (AvgIpc) is 3.07. The Morgan fingerprint density at radius 2 is 2.00 bits per heavy atom. The minimum absolute atomic E-state index is 0.526. The third kappa shape index (κ3) is 4.77. The standard InChI is InChI=1S/C20H32N6/c1-21-20(23-15-18-16-24(2)13-14-25(18)3)22-10-6-11-26-12-9-17-7-4-5-8-19(17)26/h4-5,7-9,12,18H,6,10-11,13-16H2,1-3H3,(H2,21,22,23). The molecule has 0 bridgehead atoms. The van der Waals surface area contributed by atoms with E-state index < -0.39 is 0 Å². The molecule has 2 N–H and O–H groups in total. The maximum atomic E-state index is 4.36. The molecule has 0 amide bonds. The van der Waals surface area contributed by atoms with Gasteiger partial charge in [0.25, 0.3) is 0 Å². The molecule has 1 unspecified atom stereocenters. The maximum absolute atomic E-state index is 4.36. The molecular weight excluding hydrogens is 324 g/mol. The largest absolute Gasteiger partial charge is 0.356 e. The van der Waals surface area contributed by atoms with Crippen LogP contribution in [-0.4, -0.2) is 80.2 Å². The molecule has 1 saturated heterocycles. The highest BCUT2D eigenvalue weighted by atomic mass is 15.3. The molecule has 1 aliphatic rings. The molecule has 2 aromatic rings. The molecule has 1 aromatic heterocycles. The van der Waals surface area contributed by atoms with Gasteiger partial charge in [0.05, 0.1) is 0 Å². The summed E-state index contributed by atoms with van der Waals surface area (Å²) in [5.74, 6) is 0.893. The Morgan fingerprint density at radius 3 is 2.85 bits per heavy atom. The molecule has 1 aromatic carbocycles. The summed E-state index contributed by atoms with van der Waals surface area (Å²) in [5.41, 5.74) is 1.31. The highest BCUT2D eigenvalue weighted by Crippen LogP contribution is 2.15. The van der Waals surface area contributed by atoms with Crippen molar-refractivity contribution in [3.8, 4) is 0 Å². The SMILES string of the molecule is CN=C(NCCCn1ccc2ccccc21)NCC1CN(C)CCN1C. The van der Waals surface area contributed by atoms with Crippen molar-refractivity contribution in [2.75, 3.05) is 53.9 Å². The quantitative estimate of drug-likeness (QED) is 0.467. The minimum Gasteiger partial charge on any atom is -0.356 e. The Hall–Kier alpha value is -2.05. The van der Waals surface area contributed by atoms with Gasteiger partial charge in [-0.2, -0.15) is 0 Å². The van der Waals surface area contributed by atoms with Crippen molar-refractivity contribution in [3.63, 3.8) is 0 Å². The van der Waals surface area contributed by atoms with Gasteiger partial charge in [-0.05, 0) is 38.0 Å². The average molecular weight is 357 g/mol. The maximum Gasteiger partial charge on any atom is 0.191 e. The van der Waals surface area contributed by atoms with Crippen LogP contribution in [0.15, 0.2) is 41.5 Å². The summed E-state index contributed by atoms with van der Waals surface area (Å²) in [6.07, 6.45) is 3.23. The number of piperazine rings is 1. The number of guanidine groups is 1. The van der Waals surface area contributed by atoms with E-state index in [0.717, 1.165) is 51.6 Å². The molecule has 26 heavy (non-hydrogen) atoms. The molecule has 1 fully saturated rings. The second-order valence-corrected chi connectivity index (χ2v) is 7.20. The van der Waals surface area contributed by atoms with E-state index in [4.69, 9.17) is 0 Å². The lowest BCUT2D eigenvalue weighted by atomic mass is 10.2. The summed E-state index contributed by atoms with van der Waals surface area (Å²) in [4.78, 5) is 9.18. The zero-order valence-electron chi connectivity index (χ0n) is 16.3. The van der Waals surface area contributed by atoms with Crippen molar-refractivity contribution >= 4 is 16.9 Å². The van der Waals surface area contributed by atoms with Gasteiger partial charge in [0.1, 0.15) is 0 Å². The highest BCUT2D eigenvalue weighted by Gasteiger charge is 2.21. The van der Waals surface area contributed by atoms with Gasteiger partial charge < -0.3 is 20.1 Å². The van der Waals surface area contributed by atoms with Crippen molar-refractivity contribution < 1.29 is 0 Å². The lowest BCUT2D eigenvalue weighted by Crippen LogP contribution is -2.55. The lowest BCUT2D eigenvalue weighted by molar-refractivity contribution is 0.116. The van der Waals surface area contributed by atoms with Crippen LogP contribution < -0.4 is 10.6 Å². The predicted molar refractivity (Wildman–Crippen MR) is 110 cm³/mol. The van der Waals surface area contributed by atoms with Gasteiger partial charge in [-0.25, -0.2) is 0 Å². The summed E-state index contributed by atoms with van der Waals surface area (Å²) < 4.78 is 2.32. The predicted octanol–water partition coefficient (Wildman–Crippen LogP) is 1.44. The number of para-hydroxylation sites is 1. The topological polar surface area (TPSA) is 47.8 Å². The normalized spacial score (nSPS) is 19.8. The molecule has 6 nitrogen and oxygen atoms in total. The van der Waals surface area contributed by atoms with Gasteiger partial charge in [0.2, 0.25) is 0 Å². The van der Waals surface area contributed by atoms with Crippen LogP contribution in [-0.2, 0) is 6.54 Å². The number of benzene rings is 1. The number of hydrogen-bond donors (Lipinski definition) is 2. The molecule has 0 saturated carbocycles. The third-order valence-electron chi connectivity index (χ3n) is 5.26. The molecular formula is C20H32N6. The fourth-order valence-electron chi connectivity index (χ4n) is 3.55. The summed E-state index contributed by atoms with van der Waals surface area (Å²) >= 11 is 0. The zero-order valence-corrected chi connectivity index (χ0v) is 16.3. The second-order valence-electron chi connectivity index (χ2n) is 7.20. The molecule has 2 heterocycles. The van der Waals surface area contributed by atoms with E-state index in [1.165, 1.54) is 10.9 Å². The zero-order chi connectivity index (χ0) is 18.4. The number of nitrogens with one attached hydrogen (secondary N) is 2. The van der Waals surface area contributed by atoms with Gasteiger partial charge in [-0.1, -0.05) is 18.2 Å². The van der Waals surface area contributed by atoms with Gasteiger partial charge >= 0.3 is 0 Å². The molecule has 1 atom stereocenters. The number of aliphatic imine (C=N–C) groups is 1. The first-order valence-corrected chi connectivity index (χ1v) is 9.54. The van der Waals surface area contributed by atoms with Gasteiger partial charge in [0.15, 0.2) is 5.96 Å². The summed E-state index contributed by atoms with van der Waals surface area (Å²) in [7, 11) is 6.24. The smallest absolute Gasteiger partial charge is 0.191 e. The number of aromatic nitrogens is 1. The van der Waals surface area contributed by atoms with Crippen LogP contribution in [0.4, 0.5) is 0 Å². The number of aryl methyl sites for hydroxylation is 1. The minimum atomic E-state index is 0.526. The van der Waals surface area contributed by atoms with Crippen LogP contribution in [0.2, 0.25) is 0 Å². The third-order valence-corrected chi connectivity index (χ3v) is 5.26. The lowest BCUT2D eigenvalue weighted by Gasteiger charge is -2.37. The van der Waals surface area contributed by atoms with Crippen LogP contribution in [0.5, 0.6) is 0 Å². The molecule has 1 aliphatic heterocycles. The number of likely N-dealkylation sites (N-methyl/N-ethyl adjacent to an activating group) is 2. The van der Waals surface area contributed by atoms with Crippen molar-refractivity contribution in [3.05, 3.63) is 36.5 Å². The van der Waals surface area contributed by atoms with E-state index in [1.54, 1.807) is 0 Å². The van der Waals surface area contributed by atoms with E-state index in [9.17, 15) is 0 Å². The van der Waals surface area contributed by atoms with E-state index in [1.807, 2.05) is 7.05 Å². The first-order valence-electron chi connectivity index (χ1n) is 9.54. The van der Waals surface area contributed by atoms with Crippen LogP contribution in [0, 0.1) is 0 Å². The van der Waals surface area contributed by atoms with E-state index in [2.05, 4.69) is 80.6 Å².